The van der Waals surface area contributed by atoms with Gasteiger partial charge in [0.2, 0.25) is 23.6 Å². The number of para-hydroxylation sites is 1. The van der Waals surface area contributed by atoms with Crippen molar-refractivity contribution in [2.45, 2.75) is 25.4 Å². The van der Waals surface area contributed by atoms with Gasteiger partial charge in [-0.25, -0.2) is 4.90 Å². The summed E-state index contributed by atoms with van der Waals surface area (Å²) in [5, 5.41) is 6.00. The van der Waals surface area contributed by atoms with E-state index in [1.54, 1.807) is 60.4 Å². The molecule has 4 aliphatic heterocycles. The predicted molar refractivity (Wildman–Crippen MR) is 141 cm³/mol. The molecule has 0 saturated carbocycles. The number of nitrogens with zero attached hydrogens (tertiary/aromatic N) is 3. The van der Waals surface area contributed by atoms with Crippen LogP contribution >= 0.6 is 0 Å². The van der Waals surface area contributed by atoms with E-state index >= 15 is 0 Å². The van der Waals surface area contributed by atoms with E-state index in [2.05, 4.69) is 10.6 Å². The van der Waals surface area contributed by atoms with Gasteiger partial charge in [0, 0.05) is 43.0 Å². The molecule has 4 aliphatic rings. The van der Waals surface area contributed by atoms with Crippen molar-refractivity contribution in [1.82, 2.24) is 10.2 Å². The van der Waals surface area contributed by atoms with Gasteiger partial charge in [-0.05, 0) is 37.3 Å². The van der Waals surface area contributed by atoms with Crippen LogP contribution in [0.15, 0.2) is 48.5 Å². The number of amides is 5. The summed E-state index contributed by atoms with van der Waals surface area (Å²) in [6, 6.07) is 13.1. The van der Waals surface area contributed by atoms with E-state index in [9.17, 15) is 24.0 Å². The lowest BCUT2D eigenvalue weighted by molar-refractivity contribution is -0.136. The number of hydrogen-bond acceptors (Lipinski definition) is 7. The van der Waals surface area contributed by atoms with E-state index in [1.165, 1.54) is 11.8 Å². The Labute approximate surface area is 225 Å². The molecule has 202 valence electrons. The number of anilines is 3. The van der Waals surface area contributed by atoms with Crippen LogP contribution in [0.5, 0.6) is 0 Å². The zero-order valence-electron chi connectivity index (χ0n) is 21.7. The number of rotatable bonds is 4. The normalized spacial score (nSPS) is 27.8. The highest BCUT2D eigenvalue weighted by molar-refractivity contribution is 6.26. The van der Waals surface area contributed by atoms with Gasteiger partial charge >= 0.3 is 0 Å². The number of morpholine rings is 1. The highest BCUT2D eigenvalue weighted by Gasteiger charge is 2.71. The summed E-state index contributed by atoms with van der Waals surface area (Å²) in [7, 11) is 0. The third-order valence-corrected chi connectivity index (χ3v) is 8.12. The van der Waals surface area contributed by atoms with Crippen LogP contribution in [0, 0.1) is 11.8 Å². The first kappa shape index (κ1) is 25.2. The molecular formula is C28H29N5O6. The number of nitrogens with one attached hydrogen (secondary N) is 2. The molecule has 3 fully saturated rings. The monoisotopic (exact) mass is 531 g/mol. The second-order valence-corrected chi connectivity index (χ2v) is 10.4. The standard InChI is InChI=1S/C28H29N5O6/c1-16-23-24(26(37)33(25(23)36)19-9-7-18(8-10-19)29-17(2)34)28(30-16)20-5-3-4-6-21(20)32(27(28)38)15-22(35)31-11-13-39-14-12-31/h3-10,16,23-24,30H,11-15H2,1-2H3,(H,29,34)/t16-,23+,24-,28+/m0/s1. The Morgan fingerprint density at radius 3 is 2.41 bits per heavy atom. The highest BCUT2D eigenvalue weighted by atomic mass is 16.5. The van der Waals surface area contributed by atoms with Crippen LogP contribution in [0.2, 0.25) is 0 Å². The van der Waals surface area contributed by atoms with Crippen LogP contribution < -0.4 is 20.4 Å². The third-order valence-electron chi connectivity index (χ3n) is 8.12. The summed E-state index contributed by atoms with van der Waals surface area (Å²) in [5.41, 5.74) is 0.589. The molecule has 1 spiro atoms. The zero-order valence-corrected chi connectivity index (χ0v) is 21.7. The Morgan fingerprint density at radius 1 is 1.03 bits per heavy atom. The number of ether oxygens (including phenoxy) is 1. The molecule has 11 heteroatoms. The lowest BCUT2D eigenvalue weighted by Crippen LogP contribution is -2.56. The topological polar surface area (TPSA) is 128 Å². The molecule has 2 aromatic carbocycles. The maximum absolute atomic E-state index is 14.3. The minimum Gasteiger partial charge on any atom is -0.378 e. The van der Waals surface area contributed by atoms with Crippen molar-refractivity contribution in [3.63, 3.8) is 0 Å². The molecule has 2 aromatic rings. The van der Waals surface area contributed by atoms with Crippen LogP contribution in [0.4, 0.5) is 17.1 Å². The summed E-state index contributed by atoms with van der Waals surface area (Å²) in [5.74, 6) is -3.44. The molecule has 39 heavy (non-hydrogen) atoms. The molecule has 0 aliphatic carbocycles. The minimum atomic E-state index is -1.47. The second kappa shape index (κ2) is 9.28. The van der Waals surface area contributed by atoms with Crippen molar-refractivity contribution in [2.75, 3.05) is 48.0 Å². The maximum atomic E-state index is 14.3. The van der Waals surface area contributed by atoms with E-state index in [0.717, 1.165) is 4.90 Å². The van der Waals surface area contributed by atoms with Gasteiger partial charge in [-0.2, -0.15) is 0 Å². The fourth-order valence-corrected chi connectivity index (χ4v) is 6.47. The lowest BCUT2D eigenvalue weighted by Gasteiger charge is -2.31. The molecule has 0 unspecified atom stereocenters. The fraction of sp³-hybridized carbons (Fsp3) is 0.393. The first-order valence-corrected chi connectivity index (χ1v) is 13.0. The average molecular weight is 532 g/mol. The van der Waals surface area contributed by atoms with Crippen molar-refractivity contribution < 1.29 is 28.7 Å². The Bertz CT molecular complexity index is 1390. The van der Waals surface area contributed by atoms with Gasteiger partial charge in [0.25, 0.3) is 5.91 Å². The van der Waals surface area contributed by atoms with Crippen LogP contribution in [-0.4, -0.2) is 73.3 Å². The Balaban J connectivity index is 1.36. The highest BCUT2D eigenvalue weighted by Crippen LogP contribution is 2.55. The summed E-state index contributed by atoms with van der Waals surface area (Å²) in [6.45, 7) is 4.83. The van der Waals surface area contributed by atoms with E-state index in [-0.39, 0.29) is 24.3 Å². The van der Waals surface area contributed by atoms with Gasteiger partial charge in [-0.3, -0.25) is 29.3 Å². The van der Waals surface area contributed by atoms with Crippen LogP contribution in [0.1, 0.15) is 19.4 Å². The van der Waals surface area contributed by atoms with E-state index in [4.69, 9.17) is 4.74 Å². The number of hydrogen-bond donors (Lipinski definition) is 2. The lowest BCUT2D eigenvalue weighted by atomic mass is 9.76. The number of carbonyl (C=O) groups excluding carboxylic acids is 5. The van der Waals surface area contributed by atoms with Crippen LogP contribution in [-0.2, 0) is 34.2 Å². The summed E-state index contributed by atoms with van der Waals surface area (Å²) in [4.78, 5) is 70.8. The SMILES string of the molecule is CC(=O)Nc1ccc(N2C(=O)[C@@H]3[C@H](C)N[C@@]4(C(=O)N(CC(=O)N5CCOCC5)c5ccccc54)[C@@H]3C2=O)cc1. The van der Waals surface area contributed by atoms with Crippen molar-refractivity contribution in [3.05, 3.63) is 54.1 Å². The molecule has 4 heterocycles. The van der Waals surface area contributed by atoms with Crippen molar-refractivity contribution >= 4 is 46.6 Å². The maximum Gasteiger partial charge on any atom is 0.253 e. The van der Waals surface area contributed by atoms with E-state index in [1.807, 2.05) is 0 Å². The van der Waals surface area contributed by atoms with Crippen LogP contribution in [0.25, 0.3) is 0 Å². The van der Waals surface area contributed by atoms with Crippen LogP contribution in [0.3, 0.4) is 0 Å². The van der Waals surface area contributed by atoms with E-state index in [0.29, 0.717) is 48.9 Å². The molecule has 5 amide bonds. The van der Waals surface area contributed by atoms with Crippen molar-refractivity contribution in [1.29, 1.82) is 0 Å². The smallest absolute Gasteiger partial charge is 0.253 e. The first-order valence-electron chi connectivity index (χ1n) is 13.0. The van der Waals surface area contributed by atoms with Gasteiger partial charge in [0.05, 0.1) is 30.7 Å². The zero-order chi connectivity index (χ0) is 27.5. The quantitative estimate of drug-likeness (QED) is 0.560. The fourth-order valence-electron chi connectivity index (χ4n) is 6.47. The number of imide groups is 1. The predicted octanol–water partition coefficient (Wildman–Crippen LogP) is 0.843. The van der Waals surface area contributed by atoms with Crippen molar-refractivity contribution in [2.24, 2.45) is 11.8 Å². The number of carbonyl (C=O) groups is 5. The Morgan fingerprint density at radius 2 is 1.72 bits per heavy atom. The van der Waals surface area contributed by atoms with Gasteiger partial charge in [-0.1, -0.05) is 18.2 Å². The molecular weight excluding hydrogens is 502 g/mol. The second-order valence-electron chi connectivity index (χ2n) is 10.4. The summed E-state index contributed by atoms with van der Waals surface area (Å²) < 4.78 is 5.35. The molecule has 3 saturated heterocycles. The van der Waals surface area contributed by atoms with Gasteiger partial charge in [0.1, 0.15) is 12.1 Å². The Kier molecular flexibility index (Phi) is 6.00. The molecule has 4 atom stereocenters. The Hall–Kier alpha value is -4.09. The van der Waals surface area contributed by atoms with Crippen molar-refractivity contribution in [3.8, 4) is 0 Å². The molecule has 0 aromatic heterocycles. The summed E-state index contributed by atoms with van der Waals surface area (Å²) in [6.07, 6.45) is 0. The number of benzene rings is 2. The van der Waals surface area contributed by atoms with E-state index < -0.39 is 35.2 Å². The first-order chi connectivity index (χ1) is 18.7. The van der Waals surface area contributed by atoms with Gasteiger partial charge < -0.3 is 19.9 Å². The minimum absolute atomic E-state index is 0.165. The third kappa shape index (κ3) is 3.75. The number of fused-ring (bicyclic) bond motifs is 4. The molecule has 0 bridgehead atoms. The summed E-state index contributed by atoms with van der Waals surface area (Å²) >= 11 is 0. The molecule has 11 nitrogen and oxygen atoms in total. The molecule has 0 radical (unpaired) electrons. The van der Waals surface area contributed by atoms with Gasteiger partial charge in [-0.15, -0.1) is 0 Å². The molecule has 2 N–H and O–H groups in total. The molecule has 6 rings (SSSR count). The largest absolute Gasteiger partial charge is 0.378 e. The van der Waals surface area contributed by atoms with Gasteiger partial charge in [0.15, 0.2) is 0 Å². The average Bonchev–Trinajstić information content (AvgIpc) is 3.48.